The topological polar surface area (TPSA) is 35.6 Å². The first-order chi connectivity index (χ1) is 23.8. The fraction of sp³-hybridized carbons (Fsp3) is 0. The van der Waals surface area contributed by atoms with Gasteiger partial charge in [0.15, 0.2) is 5.82 Å². The van der Waals surface area contributed by atoms with E-state index in [0.29, 0.717) is 5.82 Å². The van der Waals surface area contributed by atoms with E-state index in [9.17, 15) is 0 Å². The van der Waals surface area contributed by atoms with Crippen molar-refractivity contribution in [1.82, 2.24) is 19.1 Å². The smallest absolute Gasteiger partial charge is 0.160 e. The van der Waals surface area contributed by atoms with Gasteiger partial charge in [-0.2, -0.15) is 0 Å². The van der Waals surface area contributed by atoms with Crippen LogP contribution in [0.15, 0.2) is 170 Å². The minimum absolute atomic E-state index is 0.709. The van der Waals surface area contributed by atoms with Crippen LogP contribution in [0, 0.1) is 0 Å². The van der Waals surface area contributed by atoms with Gasteiger partial charge >= 0.3 is 0 Å². The molecule has 0 amide bonds. The molecule has 0 radical (unpaired) electrons. The molecule has 3 aromatic heterocycles. The van der Waals surface area contributed by atoms with Crippen LogP contribution in [0.2, 0.25) is 0 Å². The molecule has 4 nitrogen and oxygen atoms in total. The first-order valence-corrected chi connectivity index (χ1v) is 16.3. The van der Waals surface area contributed by atoms with Gasteiger partial charge in [-0.3, -0.25) is 0 Å². The maximum atomic E-state index is 5.19. The predicted molar refractivity (Wildman–Crippen MR) is 199 cm³/mol. The van der Waals surface area contributed by atoms with Crippen molar-refractivity contribution in [2.24, 2.45) is 0 Å². The molecular formula is C44H28N4. The minimum atomic E-state index is 0.709. The summed E-state index contributed by atoms with van der Waals surface area (Å²) in [5, 5.41) is 5.97. The number of para-hydroxylation sites is 4. The van der Waals surface area contributed by atoms with Gasteiger partial charge in [0.1, 0.15) is 0 Å². The summed E-state index contributed by atoms with van der Waals surface area (Å²) >= 11 is 0. The molecule has 0 saturated carbocycles. The summed E-state index contributed by atoms with van der Waals surface area (Å²) in [5.74, 6) is 0.709. The van der Waals surface area contributed by atoms with Crippen LogP contribution >= 0.6 is 0 Å². The molecule has 0 fully saturated rings. The first-order valence-electron chi connectivity index (χ1n) is 16.3. The lowest BCUT2D eigenvalue weighted by Crippen LogP contribution is -1.98. The van der Waals surface area contributed by atoms with Crippen LogP contribution in [0.5, 0.6) is 0 Å². The Labute approximate surface area is 276 Å². The molecule has 0 saturated heterocycles. The van der Waals surface area contributed by atoms with Gasteiger partial charge in [-0.1, -0.05) is 121 Å². The second-order valence-corrected chi connectivity index (χ2v) is 12.2. The van der Waals surface area contributed by atoms with Crippen LogP contribution in [-0.2, 0) is 0 Å². The summed E-state index contributed by atoms with van der Waals surface area (Å²) in [6, 6.07) is 60.0. The van der Waals surface area contributed by atoms with Gasteiger partial charge in [0, 0.05) is 49.4 Å². The number of benzene rings is 7. The molecule has 48 heavy (non-hydrogen) atoms. The van der Waals surface area contributed by atoms with Crippen molar-refractivity contribution in [3.05, 3.63) is 170 Å². The Kier molecular flexibility index (Phi) is 5.84. The van der Waals surface area contributed by atoms with E-state index in [1.54, 1.807) is 0 Å². The zero-order valence-electron chi connectivity index (χ0n) is 26.0. The lowest BCUT2D eigenvalue weighted by Gasteiger charge is -2.13. The molecule has 0 unspecified atom stereocenters. The van der Waals surface area contributed by atoms with E-state index < -0.39 is 0 Å². The average molecular weight is 613 g/mol. The van der Waals surface area contributed by atoms with Crippen molar-refractivity contribution in [3.8, 4) is 34.0 Å². The number of rotatable bonds is 4. The highest BCUT2D eigenvalue weighted by Crippen LogP contribution is 2.42. The Hall–Kier alpha value is -6.52. The third-order valence-electron chi connectivity index (χ3n) is 9.50. The monoisotopic (exact) mass is 612 g/mol. The lowest BCUT2D eigenvalue weighted by atomic mass is 10.1. The first kappa shape index (κ1) is 26.7. The Morgan fingerprint density at radius 3 is 1.81 bits per heavy atom. The molecule has 7 aromatic carbocycles. The summed E-state index contributed by atoms with van der Waals surface area (Å²) in [5.41, 5.74) is 10.9. The Bertz CT molecular complexity index is 2830. The molecule has 10 rings (SSSR count). The molecule has 0 N–H and O–H groups in total. The molecule has 4 heteroatoms. The van der Waals surface area contributed by atoms with Gasteiger partial charge < -0.3 is 9.13 Å². The number of hydrogen-bond donors (Lipinski definition) is 0. The zero-order chi connectivity index (χ0) is 31.6. The Morgan fingerprint density at radius 2 is 1.00 bits per heavy atom. The van der Waals surface area contributed by atoms with E-state index in [4.69, 9.17) is 9.97 Å². The third kappa shape index (κ3) is 3.96. The number of hydrogen-bond acceptors (Lipinski definition) is 2. The Morgan fingerprint density at radius 1 is 0.375 bits per heavy atom. The number of aromatic nitrogens is 4. The van der Waals surface area contributed by atoms with Gasteiger partial charge in [-0.25, -0.2) is 9.97 Å². The van der Waals surface area contributed by atoms with Crippen LogP contribution < -0.4 is 0 Å². The average Bonchev–Trinajstić information content (AvgIpc) is 3.68. The highest BCUT2D eigenvalue weighted by Gasteiger charge is 2.21. The Balaban J connectivity index is 1.27. The highest BCUT2D eigenvalue weighted by atomic mass is 15.0. The van der Waals surface area contributed by atoms with Crippen molar-refractivity contribution in [2.45, 2.75) is 0 Å². The maximum Gasteiger partial charge on any atom is 0.160 e. The van der Waals surface area contributed by atoms with Crippen LogP contribution in [0.1, 0.15) is 0 Å². The van der Waals surface area contributed by atoms with Crippen LogP contribution in [-0.4, -0.2) is 19.1 Å². The van der Waals surface area contributed by atoms with E-state index in [1.165, 1.54) is 38.1 Å². The van der Waals surface area contributed by atoms with Crippen LogP contribution in [0.3, 0.4) is 0 Å². The van der Waals surface area contributed by atoms with Crippen LogP contribution in [0.4, 0.5) is 0 Å². The number of nitrogens with zero attached hydrogens (tertiary/aromatic N) is 4. The second-order valence-electron chi connectivity index (χ2n) is 12.2. The summed E-state index contributed by atoms with van der Waals surface area (Å²) in [6.45, 7) is 0. The number of fused-ring (bicyclic) bond motifs is 8. The molecule has 0 aliphatic carbocycles. The molecule has 0 bridgehead atoms. The predicted octanol–water partition coefficient (Wildman–Crippen LogP) is 11.2. The summed E-state index contributed by atoms with van der Waals surface area (Å²) in [7, 11) is 0. The fourth-order valence-corrected chi connectivity index (χ4v) is 7.44. The van der Waals surface area contributed by atoms with Gasteiger partial charge in [0.05, 0.1) is 33.3 Å². The van der Waals surface area contributed by atoms with E-state index in [-0.39, 0.29) is 0 Å². The van der Waals surface area contributed by atoms with Gasteiger partial charge in [-0.15, -0.1) is 0 Å². The van der Waals surface area contributed by atoms with Gasteiger partial charge in [0.25, 0.3) is 0 Å². The highest BCUT2D eigenvalue weighted by molar-refractivity contribution is 6.26. The van der Waals surface area contributed by atoms with Crippen molar-refractivity contribution in [2.75, 3.05) is 0 Å². The molecular weight excluding hydrogens is 585 g/mol. The van der Waals surface area contributed by atoms with Crippen LogP contribution in [0.25, 0.3) is 88.5 Å². The molecule has 0 aliphatic heterocycles. The molecule has 10 aromatic rings. The maximum absolute atomic E-state index is 5.19. The fourth-order valence-electron chi connectivity index (χ4n) is 7.44. The molecule has 3 heterocycles. The van der Waals surface area contributed by atoms with E-state index >= 15 is 0 Å². The molecule has 224 valence electrons. The molecule has 0 atom stereocenters. The summed E-state index contributed by atoms with van der Waals surface area (Å²) in [4.78, 5) is 10.3. The summed E-state index contributed by atoms with van der Waals surface area (Å²) in [6.07, 6.45) is 0. The lowest BCUT2D eigenvalue weighted by molar-refractivity contribution is 1.17. The normalized spacial score (nSPS) is 11.8. The second kappa shape index (κ2) is 10.5. The molecule has 0 spiro atoms. The van der Waals surface area contributed by atoms with Crippen molar-refractivity contribution < 1.29 is 0 Å². The minimum Gasteiger partial charge on any atom is -0.309 e. The molecule has 0 aliphatic rings. The SMILES string of the molecule is c1ccc(-c2nc(-c3cccc(-n4c5ccccc5c5ccc6c(c7ccccc7n6-c6ccccc6)c54)c3)nc3ccccc23)cc1. The third-order valence-corrected chi connectivity index (χ3v) is 9.50. The zero-order valence-corrected chi connectivity index (χ0v) is 26.0. The van der Waals surface area contributed by atoms with Crippen molar-refractivity contribution >= 4 is 54.5 Å². The quantitative estimate of drug-likeness (QED) is 0.198. The van der Waals surface area contributed by atoms with E-state index in [1.807, 2.05) is 12.1 Å². The van der Waals surface area contributed by atoms with Gasteiger partial charge in [0.2, 0.25) is 0 Å². The van der Waals surface area contributed by atoms with E-state index in [2.05, 4.69) is 167 Å². The van der Waals surface area contributed by atoms with Gasteiger partial charge in [-0.05, 0) is 48.5 Å². The largest absolute Gasteiger partial charge is 0.309 e. The van der Waals surface area contributed by atoms with Crippen molar-refractivity contribution in [1.29, 1.82) is 0 Å². The standard InChI is InChI=1S/C44H28N4/c1-3-14-29(15-4-1)42-35-21-7-10-23-37(35)45-44(46-42)30-16-13-19-32(28-30)48-38-24-11-8-20-33(38)34-26-27-40-41(43(34)48)36-22-9-12-25-39(36)47(40)31-17-5-2-6-18-31/h1-28H. The summed E-state index contributed by atoms with van der Waals surface area (Å²) < 4.78 is 4.81. The van der Waals surface area contributed by atoms with Crippen molar-refractivity contribution in [3.63, 3.8) is 0 Å². The van der Waals surface area contributed by atoms with E-state index in [0.717, 1.165) is 44.6 Å².